The number of hydrogen-bond acceptors (Lipinski definition) is 2. The summed E-state index contributed by atoms with van der Waals surface area (Å²) in [6.45, 7) is 4.54. The molecule has 0 aliphatic carbocycles. The van der Waals surface area contributed by atoms with Gasteiger partial charge in [0.2, 0.25) is 5.91 Å². The first kappa shape index (κ1) is 15.9. The van der Waals surface area contributed by atoms with E-state index in [4.69, 9.17) is 4.74 Å². The van der Waals surface area contributed by atoms with Gasteiger partial charge in [0.15, 0.2) is 0 Å². The van der Waals surface area contributed by atoms with Crippen LogP contribution in [0.1, 0.15) is 6.92 Å². The Labute approximate surface area is 147 Å². The molecule has 0 spiro atoms. The number of para-hydroxylation sites is 1. The first-order chi connectivity index (χ1) is 12.1. The largest absolute Gasteiger partial charge is 0.380 e. The number of fused-ring (bicyclic) bond motifs is 1. The number of aromatic nitrogens is 1. The molecule has 0 radical (unpaired) electrons. The molecule has 1 amide bonds. The van der Waals surface area contributed by atoms with Gasteiger partial charge in [-0.1, -0.05) is 55.5 Å². The maximum Gasteiger partial charge on any atom is 0.239 e. The Morgan fingerprint density at radius 3 is 2.56 bits per heavy atom. The van der Waals surface area contributed by atoms with Crippen molar-refractivity contribution in [2.75, 3.05) is 19.8 Å². The average molecular weight is 334 g/mol. The van der Waals surface area contributed by atoms with Gasteiger partial charge in [-0.3, -0.25) is 4.79 Å². The zero-order valence-corrected chi connectivity index (χ0v) is 14.4. The molecule has 1 N–H and O–H groups in total. The van der Waals surface area contributed by atoms with Crippen LogP contribution in [0, 0.1) is 5.41 Å². The lowest BCUT2D eigenvalue weighted by molar-refractivity contribution is -0.127. The monoisotopic (exact) mass is 334 g/mol. The summed E-state index contributed by atoms with van der Waals surface area (Å²) in [4.78, 5) is 12.6. The highest BCUT2D eigenvalue weighted by molar-refractivity contribution is 5.89. The molecule has 0 bridgehead atoms. The molecular formula is C21H22N2O2. The van der Waals surface area contributed by atoms with E-state index in [2.05, 4.69) is 47.1 Å². The van der Waals surface area contributed by atoms with Crippen LogP contribution in [-0.4, -0.2) is 30.2 Å². The van der Waals surface area contributed by atoms with Crippen molar-refractivity contribution in [1.82, 2.24) is 9.88 Å². The molecule has 4 rings (SSSR count). The minimum absolute atomic E-state index is 0.0339. The zero-order valence-electron chi connectivity index (χ0n) is 14.4. The number of benzene rings is 2. The van der Waals surface area contributed by atoms with Gasteiger partial charge in [0.25, 0.3) is 0 Å². The van der Waals surface area contributed by atoms with Crippen molar-refractivity contribution in [2.24, 2.45) is 5.41 Å². The fraction of sp³-hybridized carbons (Fsp3) is 0.286. The Bertz CT molecular complexity index is 895. The van der Waals surface area contributed by atoms with Gasteiger partial charge in [0.05, 0.1) is 13.2 Å². The van der Waals surface area contributed by atoms with Gasteiger partial charge in [-0.25, -0.2) is 0 Å². The fourth-order valence-corrected chi connectivity index (χ4v) is 3.29. The second kappa shape index (κ2) is 6.37. The van der Waals surface area contributed by atoms with Crippen molar-refractivity contribution < 1.29 is 9.53 Å². The van der Waals surface area contributed by atoms with E-state index in [1.165, 1.54) is 0 Å². The van der Waals surface area contributed by atoms with E-state index in [9.17, 15) is 4.79 Å². The van der Waals surface area contributed by atoms with Gasteiger partial charge in [0, 0.05) is 28.6 Å². The number of amides is 1. The van der Waals surface area contributed by atoms with Gasteiger partial charge in [-0.2, -0.15) is 0 Å². The molecule has 3 aromatic rings. The molecule has 2 heterocycles. The Morgan fingerprint density at radius 2 is 1.84 bits per heavy atom. The Hall–Kier alpha value is -2.59. The molecule has 1 aliphatic rings. The number of nitrogens with zero attached hydrogens (tertiary/aromatic N) is 1. The molecule has 0 saturated carbocycles. The number of hydrogen-bond donors (Lipinski definition) is 1. The molecule has 1 saturated heterocycles. The van der Waals surface area contributed by atoms with Crippen LogP contribution in [-0.2, 0) is 16.1 Å². The topological polar surface area (TPSA) is 43.3 Å². The number of rotatable bonds is 5. The second-order valence-electron chi connectivity index (χ2n) is 7.12. The SMILES string of the molecule is CC1(CNC(=O)Cn2c(-c3ccccc3)cc3ccccc32)COC1. The van der Waals surface area contributed by atoms with E-state index in [1.54, 1.807) is 0 Å². The van der Waals surface area contributed by atoms with Crippen LogP contribution in [0.5, 0.6) is 0 Å². The predicted octanol–water partition coefficient (Wildman–Crippen LogP) is 3.46. The average Bonchev–Trinajstić information content (AvgIpc) is 2.98. The molecule has 128 valence electrons. The van der Waals surface area contributed by atoms with Crippen LogP contribution < -0.4 is 5.32 Å². The van der Waals surface area contributed by atoms with Crippen LogP contribution in [0.4, 0.5) is 0 Å². The Balaban J connectivity index is 1.62. The standard InChI is InChI=1S/C21H22N2O2/c1-21(14-25-15-21)13-22-20(24)12-23-18-10-6-5-9-17(18)11-19(23)16-7-3-2-4-8-16/h2-11H,12-15H2,1H3,(H,22,24). The lowest BCUT2D eigenvalue weighted by Crippen LogP contribution is -2.49. The van der Waals surface area contributed by atoms with Crippen molar-refractivity contribution in [3.8, 4) is 11.3 Å². The summed E-state index contributed by atoms with van der Waals surface area (Å²) in [5.74, 6) is 0.0339. The molecular weight excluding hydrogens is 312 g/mol. The molecule has 4 heteroatoms. The van der Waals surface area contributed by atoms with Crippen LogP contribution in [0.2, 0.25) is 0 Å². The molecule has 1 aromatic heterocycles. The quantitative estimate of drug-likeness (QED) is 0.776. The lowest BCUT2D eigenvalue weighted by atomic mass is 9.89. The van der Waals surface area contributed by atoms with E-state index < -0.39 is 0 Å². The summed E-state index contributed by atoms with van der Waals surface area (Å²) in [5, 5.41) is 4.21. The van der Waals surface area contributed by atoms with E-state index in [1.807, 2.05) is 30.3 Å². The third-order valence-corrected chi connectivity index (χ3v) is 4.80. The number of nitrogens with one attached hydrogen (secondary N) is 1. The van der Waals surface area contributed by atoms with Gasteiger partial charge in [-0.15, -0.1) is 0 Å². The van der Waals surface area contributed by atoms with Crippen molar-refractivity contribution in [2.45, 2.75) is 13.5 Å². The fourth-order valence-electron chi connectivity index (χ4n) is 3.29. The second-order valence-corrected chi connectivity index (χ2v) is 7.12. The molecule has 0 atom stereocenters. The predicted molar refractivity (Wildman–Crippen MR) is 99.3 cm³/mol. The third-order valence-electron chi connectivity index (χ3n) is 4.80. The Morgan fingerprint density at radius 1 is 1.12 bits per heavy atom. The minimum Gasteiger partial charge on any atom is -0.380 e. The number of carbonyl (C=O) groups excluding carboxylic acids is 1. The van der Waals surface area contributed by atoms with Crippen LogP contribution >= 0.6 is 0 Å². The smallest absolute Gasteiger partial charge is 0.239 e. The first-order valence-electron chi connectivity index (χ1n) is 8.63. The van der Waals surface area contributed by atoms with Crippen LogP contribution in [0.15, 0.2) is 60.7 Å². The molecule has 1 fully saturated rings. The highest BCUT2D eigenvalue weighted by Gasteiger charge is 2.33. The highest BCUT2D eigenvalue weighted by atomic mass is 16.5. The molecule has 1 aliphatic heterocycles. The van der Waals surface area contributed by atoms with Gasteiger partial charge >= 0.3 is 0 Å². The minimum atomic E-state index is 0.0339. The summed E-state index contributed by atoms with van der Waals surface area (Å²) in [6, 6.07) is 20.5. The summed E-state index contributed by atoms with van der Waals surface area (Å²) >= 11 is 0. The van der Waals surface area contributed by atoms with Gasteiger partial charge < -0.3 is 14.6 Å². The summed E-state index contributed by atoms with van der Waals surface area (Å²) in [5.41, 5.74) is 3.34. The Kier molecular flexibility index (Phi) is 4.06. The van der Waals surface area contributed by atoms with E-state index in [0.717, 1.165) is 35.4 Å². The maximum atomic E-state index is 12.6. The highest BCUT2D eigenvalue weighted by Crippen LogP contribution is 2.28. The van der Waals surface area contributed by atoms with E-state index in [-0.39, 0.29) is 11.3 Å². The third kappa shape index (κ3) is 3.17. The number of carbonyl (C=O) groups is 1. The van der Waals surface area contributed by atoms with E-state index in [0.29, 0.717) is 13.1 Å². The zero-order chi connectivity index (χ0) is 17.3. The van der Waals surface area contributed by atoms with Crippen molar-refractivity contribution in [3.63, 3.8) is 0 Å². The normalized spacial score (nSPS) is 15.7. The molecule has 0 unspecified atom stereocenters. The van der Waals surface area contributed by atoms with Crippen LogP contribution in [0.25, 0.3) is 22.2 Å². The van der Waals surface area contributed by atoms with Crippen molar-refractivity contribution >= 4 is 16.8 Å². The van der Waals surface area contributed by atoms with Crippen molar-refractivity contribution in [1.29, 1.82) is 0 Å². The van der Waals surface area contributed by atoms with Gasteiger partial charge in [-0.05, 0) is 17.7 Å². The number of ether oxygens (including phenoxy) is 1. The molecule has 4 nitrogen and oxygen atoms in total. The summed E-state index contributed by atoms with van der Waals surface area (Å²) < 4.78 is 7.35. The van der Waals surface area contributed by atoms with Gasteiger partial charge in [0.1, 0.15) is 6.54 Å². The summed E-state index contributed by atoms with van der Waals surface area (Å²) in [6.07, 6.45) is 0. The molecule has 25 heavy (non-hydrogen) atoms. The lowest BCUT2D eigenvalue weighted by Gasteiger charge is -2.38. The summed E-state index contributed by atoms with van der Waals surface area (Å²) in [7, 11) is 0. The van der Waals surface area contributed by atoms with Crippen molar-refractivity contribution in [3.05, 3.63) is 60.7 Å². The van der Waals surface area contributed by atoms with E-state index >= 15 is 0 Å². The molecule has 2 aromatic carbocycles. The maximum absolute atomic E-state index is 12.6. The first-order valence-corrected chi connectivity index (χ1v) is 8.63. The van der Waals surface area contributed by atoms with Crippen LogP contribution in [0.3, 0.4) is 0 Å².